The Morgan fingerprint density at radius 1 is 1.18 bits per heavy atom. The van der Waals surface area contributed by atoms with E-state index in [9.17, 15) is 9.59 Å². The average Bonchev–Trinajstić information content (AvgIpc) is 3.36. The van der Waals surface area contributed by atoms with Crippen molar-refractivity contribution in [2.24, 2.45) is 0 Å². The van der Waals surface area contributed by atoms with Crippen molar-refractivity contribution in [1.82, 2.24) is 9.88 Å². The van der Waals surface area contributed by atoms with Crippen LogP contribution in [0.2, 0.25) is 0 Å². The van der Waals surface area contributed by atoms with Gasteiger partial charge in [0.1, 0.15) is 4.32 Å². The number of anilines is 1. The van der Waals surface area contributed by atoms with E-state index in [0.717, 1.165) is 16.9 Å². The number of thiocarbonyl (C=S) groups is 1. The predicted octanol–water partition coefficient (Wildman–Crippen LogP) is 5.83. The van der Waals surface area contributed by atoms with E-state index in [2.05, 4.69) is 35.4 Å². The Morgan fingerprint density at radius 2 is 2.00 bits per heavy atom. The number of benzene rings is 2. The molecule has 1 fully saturated rings. The number of carbonyl (C=O) groups is 2. The normalized spacial score (nSPS) is 15.0. The molecule has 0 aliphatic carbocycles. The third kappa shape index (κ3) is 6.50. The van der Waals surface area contributed by atoms with Crippen molar-refractivity contribution in [3.05, 3.63) is 99.4 Å². The molecule has 2 amide bonds. The maximum Gasteiger partial charge on any atom is 0.266 e. The summed E-state index contributed by atoms with van der Waals surface area (Å²) in [5, 5.41) is 3.39. The van der Waals surface area contributed by atoms with Crippen LogP contribution in [-0.2, 0) is 16.0 Å². The van der Waals surface area contributed by atoms with Crippen molar-refractivity contribution in [2.75, 3.05) is 11.9 Å². The summed E-state index contributed by atoms with van der Waals surface area (Å²) in [7, 11) is 0. The fourth-order valence-corrected chi connectivity index (χ4v) is 5.51. The molecule has 0 bridgehead atoms. The summed E-state index contributed by atoms with van der Waals surface area (Å²) in [6.45, 7) is 2.30. The van der Waals surface area contributed by atoms with Crippen LogP contribution in [0.25, 0.3) is 6.08 Å². The molecular formula is C26H23N3O2S3. The van der Waals surface area contributed by atoms with Gasteiger partial charge in [0.2, 0.25) is 5.91 Å². The van der Waals surface area contributed by atoms with E-state index in [1.165, 1.54) is 39.1 Å². The Bertz CT molecular complexity index is 1270. The largest absolute Gasteiger partial charge is 0.302 e. The lowest BCUT2D eigenvalue weighted by Gasteiger charge is -2.13. The number of nitrogens with one attached hydrogen (secondary N) is 1. The Balaban J connectivity index is 1.28. The molecule has 0 radical (unpaired) electrons. The second-order valence-electron chi connectivity index (χ2n) is 7.72. The van der Waals surface area contributed by atoms with Gasteiger partial charge in [0.05, 0.1) is 4.91 Å². The molecule has 34 heavy (non-hydrogen) atoms. The van der Waals surface area contributed by atoms with Gasteiger partial charge in [-0.25, -0.2) is 4.98 Å². The van der Waals surface area contributed by atoms with Gasteiger partial charge < -0.3 is 5.32 Å². The molecule has 4 rings (SSSR count). The van der Waals surface area contributed by atoms with E-state index in [0.29, 0.717) is 14.4 Å². The van der Waals surface area contributed by atoms with Crippen LogP contribution in [0.1, 0.15) is 28.0 Å². The number of aryl methyl sites for hydroxylation is 1. The molecule has 2 aromatic carbocycles. The summed E-state index contributed by atoms with van der Waals surface area (Å²) < 4.78 is 0.465. The second-order valence-corrected chi connectivity index (χ2v) is 10.5. The Morgan fingerprint density at radius 3 is 2.79 bits per heavy atom. The summed E-state index contributed by atoms with van der Waals surface area (Å²) >= 11 is 8.07. The first-order chi connectivity index (χ1) is 16.5. The van der Waals surface area contributed by atoms with E-state index in [1.807, 2.05) is 48.6 Å². The van der Waals surface area contributed by atoms with Crippen molar-refractivity contribution in [1.29, 1.82) is 0 Å². The third-order valence-electron chi connectivity index (χ3n) is 5.03. The van der Waals surface area contributed by atoms with E-state index in [1.54, 1.807) is 12.3 Å². The van der Waals surface area contributed by atoms with Crippen LogP contribution in [0, 0.1) is 6.92 Å². The highest BCUT2D eigenvalue weighted by Crippen LogP contribution is 2.31. The molecule has 0 atom stereocenters. The summed E-state index contributed by atoms with van der Waals surface area (Å²) in [6.07, 6.45) is 8.24. The maximum absolute atomic E-state index is 12.7. The van der Waals surface area contributed by atoms with E-state index in [4.69, 9.17) is 12.2 Å². The van der Waals surface area contributed by atoms with Gasteiger partial charge in [0.25, 0.3) is 5.91 Å². The molecule has 5 nitrogen and oxygen atoms in total. The first-order valence-electron chi connectivity index (χ1n) is 10.7. The SMILES string of the molecule is Cc1cccc(Cc2cnc(NC(=O)CCN3C(=O)/C(=C/C=C/c4ccccc4)SC3=S)s2)c1. The first kappa shape index (κ1) is 24.1. The van der Waals surface area contributed by atoms with E-state index in [-0.39, 0.29) is 24.8 Å². The Hall–Kier alpha value is -3.07. The topological polar surface area (TPSA) is 62.3 Å². The molecule has 3 aromatic rings. The Labute approximate surface area is 212 Å². The number of hydrogen-bond acceptors (Lipinski definition) is 6. The minimum atomic E-state index is -0.196. The maximum atomic E-state index is 12.7. The third-order valence-corrected chi connectivity index (χ3v) is 7.34. The number of allylic oxidation sites excluding steroid dienone is 2. The first-order valence-corrected chi connectivity index (χ1v) is 12.8. The molecule has 1 saturated heterocycles. The molecule has 0 spiro atoms. The van der Waals surface area contributed by atoms with Crippen LogP contribution in [0.3, 0.4) is 0 Å². The molecule has 1 N–H and O–H groups in total. The van der Waals surface area contributed by atoms with Crippen LogP contribution in [0.15, 0.2) is 77.9 Å². The number of carbonyl (C=O) groups excluding carboxylic acids is 2. The van der Waals surface area contributed by atoms with Gasteiger partial charge in [-0.3, -0.25) is 14.5 Å². The van der Waals surface area contributed by atoms with Crippen LogP contribution < -0.4 is 5.32 Å². The minimum absolute atomic E-state index is 0.145. The number of amides is 2. The highest BCUT2D eigenvalue weighted by molar-refractivity contribution is 8.26. The standard InChI is InChI=1S/C26H23N3O2S3/c1-18-7-5-11-20(15-18)16-21-17-27-25(33-21)28-23(30)13-14-29-24(31)22(34-26(29)32)12-6-10-19-8-3-2-4-9-19/h2-12,15,17H,13-14,16H2,1H3,(H,27,28,30)/b10-6+,22-12-. The van der Waals surface area contributed by atoms with Crippen molar-refractivity contribution in [2.45, 2.75) is 19.8 Å². The summed E-state index contributed by atoms with van der Waals surface area (Å²) in [5.41, 5.74) is 3.48. The van der Waals surface area contributed by atoms with Gasteiger partial charge in [-0.2, -0.15) is 0 Å². The molecule has 0 saturated carbocycles. The molecule has 1 aliphatic rings. The summed E-state index contributed by atoms with van der Waals surface area (Å²) in [6, 6.07) is 18.2. The monoisotopic (exact) mass is 505 g/mol. The van der Waals surface area contributed by atoms with Crippen molar-refractivity contribution < 1.29 is 9.59 Å². The van der Waals surface area contributed by atoms with Crippen molar-refractivity contribution in [3.63, 3.8) is 0 Å². The van der Waals surface area contributed by atoms with Gasteiger partial charge >= 0.3 is 0 Å². The molecule has 0 unspecified atom stereocenters. The summed E-state index contributed by atoms with van der Waals surface area (Å²) in [5.74, 6) is -0.367. The second kappa shape index (κ2) is 11.4. The van der Waals surface area contributed by atoms with E-state index < -0.39 is 0 Å². The fraction of sp³-hybridized carbons (Fsp3) is 0.154. The molecule has 172 valence electrons. The number of rotatable bonds is 8. The minimum Gasteiger partial charge on any atom is -0.302 e. The summed E-state index contributed by atoms with van der Waals surface area (Å²) in [4.78, 5) is 32.6. The number of nitrogens with zero attached hydrogens (tertiary/aromatic N) is 2. The smallest absolute Gasteiger partial charge is 0.266 e. The lowest BCUT2D eigenvalue weighted by Crippen LogP contribution is -2.31. The zero-order valence-electron chi connectivity index (χ0n) is 18.6. The lowest BCUT2D eigenvalue weighted by molar-refractivity contribution is -0.122. The Kier molecular flexibility index (Phi) is 8.05. The van der Waals surface area contributed by atoms with E-state index >= 15 is 0 Å². The molecule has 1 aromatic heterocycles. The molecule has 8 heteroatoms. The van der Waals surface area contributed by atoms with Crippen LogP contribution in [0.4, 0.5) is 5.13 Å². The zero-order valence-corrected chi connectivity index (χ0v) is 21.0. The molecule has 1 aliphatic heterocycles. The van der Waals surface area contributed by atoms with Gasteiger partial charge in [0, 0.05) is 30.5 Å². The van der Waals surface area contributed by atoms with Crippen LogP contribution >= 0.6 is 35.3 Å². The highest BCUT2D eigenvalue weighted by Gasteiger charge is 2.31. The van der Waals surface area contributed by atoms with Crippen LogP contribution in [0.5, 0.6) is 0 Å². The zero-order chi connectivity index (χ0) is 23.9. The quantitative estimate of drug-likeness (QED) is 0.308. The lowest BCUT2D eigenvalue weighted by atomic mass is 10.1. The predicted molar refractivity (Wildman–Crippen MR) is 145 cm³/mol. The van der Waals surface area contributed by atoms with Crippen molar-refractivity contribution in [3.8, 4) is 0 Å². The van der Waals surface area contributed by atoms with Gasteiger partial charge in [-0.1, -0.05) is 96.3 Å². The highest BCUT2D eigenvalue weighted by atomic mass is 32.2. The van der Waals surface area contributed by atoms with Crippen LogP contribution in [-0.4, -0.2) is 32.6 Å². The number of thiazole rings is 1. The number of thioether (sulfide) groups is 1. The number of hydrogen-bond donors (Lipinski definition) is 1. The fourth-order valence-electron chi connectivity index (χ4n) is 3.38. The average molecular weight is 506 g/mol. The van der Waals surface area contributed by atoms with Gasteiger partial charge in [0.15, 0.2) is 5.13 Å². The van der Waals surface area contributed by atoms with Gasteiger partial charge in [-0.05, 0) is 24.1 Å². The molecule has 2 heterocycles. The van der Waals surface area contributed by atoms with Crippen molar-refractivity contribution >= 4 is 62.7 Å². The van der Waals surface area contributed by atoms with Gasteiger partial charge in [-0.15, -0.1) is 11.3 Å². The number of aromatic nitrogens is 1. The molecular weight excluding hydrogens is 483 g/mol.